The number of benzene rings is 1. The second kappa shape index (κ2) is 5.36. The topological polar surface area (TPSA) is 82.8 Å². The molecular formula is C21H21F3N2O4. The summed E-state index contributed by atoms with van der Waals surface area (Å²) in [5.74, 6) is -0.397. The first-order valence-electron chi connectivity index (χ1n) is 9.82. The summed E-state index contributed by atoms with van der Waals surface area (Å²) in [5, 5.41) is 20.0. The van der Waals surface area contributed by atoms with E-state index >= 15 is 0 Å². The van der Waals surface area contributed by atoms with Gasteiger partial charge in [-0.25, -0.2) is 0 Å². The number of ether oxygens (including phenoxy) is 2. The average Bonchev–Trinajstić information content (AvgIpc) is 3.11. The molecule has 4 fully saturated rings. The molecule has 1 N–H and O–H groups in total. The molecule has 9 heteroatoms. The van der Waals surface area contributed by atoms with Gasteiger partial charge in [0.25, 0.3) is 0 Å². The first kappa shape index (κ1) is 19.8. The number of aliphatic hydroxyl groups excluding tert-OH is 1. The van der Waals surface area contributed by atoms with Crippen molar-refractivity contribution < 1.29 is 32.5 Å². The number of fused-ring (bicyclic) bond motifs is 2. The number of hydrogen-bond donors (Lipinski definition) is 1. The molecule has 6 atom stereocenters. The monoisotopic (exact) mass is 422 g/mol. The second-order valence-corrected chi connectivity index (χ2v) is 9.26. The molecule has 0 unspecified atom stereocenters. The highest BCUT2D eigenvalue weighted by Gasteiger charge is 2.89. The Hall–Kier alpha value is -2.15. The lowest BCUT2D eigenvalue weighted by molar-refractivity contribution is -0.207. The number of rotatable bonds is 1. The Morgan fingerprint density at radius 1 is 1.30 bits per heavy atom. The molecule has 0 aromatic heterocycles. The Bertz CT molecular complexity index is 1020. The van der Waals surface area contributed by atoms with Crippen LogP contribution in [-0.4, -0.2) is 41.2 Å². The van der Waals surface area contributed by atoms with Crippen LogP contribution in [0, 0.1) is 22.2 Å². The van der Waals surface area contributed by atoms with Crippen LogP contribution in [0.2, 0.25) is 0 Å². The smallest absolute Gasteiger partial charge is 0.390 e. The quantitative estimate of drug-likeness (QED) is 0.753. The molecular weight excluding hydrogens is 401 g/mol. The number of nitriles is 1. The molecule has 0 radical (unpaired) electrons. The predicted molar refractivity (Wildman–Crippen MR) is 97.1 cm³/mol. The number of anilines is 1. The molecule has 0 aliphatic carbocycles. The molecule has 1 aromatic carbocycles. The van der Waals surface area contributed by atoms with Crippen LogP contribution in [0.1, 0.15) is 44.7 Å². The molecule has 1 aromatic rings. The van der Waals surface area contributed by atoms with Gasteiger partial charge in [0.2, 0.25) is 5.91 Å². The summed E-state index contributed by atoms with van der Waals surface area (Å²) in [6.07, 6.45) is -5.77. The maximum atomic E-state index is 13.8. The van der Waals surface area contributed by atoms with Crippen LogP contribution < -0.4 is 4.90 Å². The van der Waals surface area contributed by atoms with Crippen LogP contribution in [-0.2, 0) is 20.4 Å². The molecule has 0 saturated carbocycles. The van der Waals surface area contributed by atoms with Crippen LogP contribution in [0.15, 0.2) is 18.2 Å². The Balaban J connectivity index is 1.71. The van der Waals surface area contributed by atoms with Gasteiger partial charge in [-0.3, -0.25) is 9.69 Å². The maximum Gasteiger partial charge on any atom is 0.417 e. The number of halogens is 3. The molecule has 2 bridgehead atoms. The summed E-state index contributed by atoms with van der Waals surface area (Å²) in [6.45, 7) is 5.58. The van der Waals surface area contributed by atoms with E-state index in [-0.39, 0.29) is 18.7 Å². The lowest BCUT2D eigenvalue weighted by Gasteiger charge is -2.54. The van der Waals surface area contributed by atoms with Gasteiger partial charge in [0.05, 0.1) is 46.3 Å². The van der Waals surface area contributed by atoms with Crippen LogP contribution in [0.4, 0.5) is 18.9 Å². The fraction of sp³-hybridized carbons (Fsp3) is 0.619. The van der Waals surface area contributed by atoms with Gasteiger partial charge < -0.3 is 14.6 Å². The molecule has 160 valence electrons. The Kier molecular flexibility index (Phi) is 3.54. The van der Waals surface area contributed by atoms with Gasteiger partial charge in [-0.05, 0) is 32.0 Å². The van der Waals surface area contributed by atoms with Crippen LogP contribution in [0.25, 0.3) is 0 Å². The third-order valence-electron chi connectivity index (χ3n) is 8.34. The predicted octanol–water partition coefficient (Wildman–Crippen LogP) is 2.97. The lowest BCUT2D eigenvalue weighted by atomic mass is 9.48. The summed E-state index contributed by atoms with van der Waals surface area (Å²) in [4.78, 5) is 15.1. The highest BCUT2D eigenvalue weighted by atomic mass is 19.4. The molecule has 30 heavy (non-hydrogen) atoms. The number of carbonyl (C=O) groups is 1. The summed E-state index contributed by atoms with van der Waals surface area (Å²) in [5.41, 5.74) is -5.64. The third-order valence-corrected chi connectivity index (χ3v) is 8.34. The van der Waals surface area contributed by atoms with E-state index in [0.717, 1.165) is 12.1 Å². The fourth-order valence-electron chi connectivity index (χ4n) is 6.59. The van der Waals surface area contributed by atoms with E-state index in [9.17, 15) is 23.1 Å². The second-order valence-electron chi connectivity index (χ2n) is 9.26. The van der Waals surface area contributed by atoms with Crippen molar-refractivity contribution in [2.75, 3.05) is 11.5 Å². The fourth-order valence-corrected chi connectivity index (χ4v) is 6.59. The molecule has 4 aliphatic rings. The Morgan fingerprint density at radius 2 is 2.00 bits per heavy atom. The van der Waals surface area contributed by atoms with Gasteiger partial charge in [0, 0.05) is 18.5 Å². The van der Waals surface area contributed by atoms with Gasteiger partial charge in [0.15, 0.2) is 0 Å². The van der Waals surface area contributed by atoms with Crippen molar-refractivity contribution in [2.45, 2.75) is 63.3 Å². The minimum Gasteiger partial charge on any atom is -0.390 e. The van der Waals surface area contributed by atoms with E-state index in [1.54, 1.807) is 19.9 Å². The van der Waals surface area contributed by atoms with Crippen molar-refractivity contribution in [3.05, 3.63) is 29.3 Å². The molecule has 4 saturated heterocycles. The third kappa shape index (κ3) is 1.81. The Morgan fingerprint density at radius 3 is 2.63 bits per heavy atom. The number of amides is 1. The van der Waals surface area contributed by atoms with E-state index in [1.165, 1.54) is 11.0 Å². The number of alkyl halides is 3. The van der Waals surface area contributed by atoms with Gasteiger partial charge in [0.1, 0.15) is 11.8 Å². The van der Waals surface area contributed by atoms with Gasteiger partial charge in [-0.1, -0.05) is 6.92 Å². The molecule has 1 amide bonds. The standard InChI is InChI=1S/C21H21F3N2O4/c1-17-9-14(27)20(30-17)6-7-29-16-19(20,3)18(17,2)15(28)26(16)12-5-4-11(10-25)13(8-12)21(22,23)24/h4-5,8,14,16,27H,6-7,9H2,1-3H3/t14-,16-,17+,18+,19+,20-/m0/s1. The Labute approximate surface area is 171 Å². The van der Waals surface area contributed by atoms with E-state index in [0.29, 0.717) is 6.42 Å². The average molecular weight is 422 g/mol. The minimum atomic E-state index is -4.74. The van der Waals surface area contributed by atoms with Crippen LogP contribution >= 0.6 is 0 Å². The van der Waals surface area contributed by atoms with Crippen molar-refractivity contribution in [2.24, 2.45) is 10.8 Å². The molecule has 4 aliphatic heterocycles. The van der Waals surface area contributed by atoms with Crippen LogP contribution in [0.3, 0.4) is 0 Å². The summed E-state index contributed by atoms with van der Waals surface area (Å²) in [7, 11) is 0. The normalized spacial score (nSPS) is 44.3. The van der Waals surface area contributed by atoms with Crippen molar-refractivity contribution in [3.8, 4) is 6.07 Å². The van der Waals surface area contributed by atoms with Crippen LogP contribution in [0.5, 0.6) is 0 Å². The highest BCUT2D eigenvalue weighted by Crippen LogP contribution is 2.77. The van der Waals surface area contributed by atoms with Crippen molar-refractivity contribution in [1.29, 1.82) is 5.26 Å². The highest BCUT2D eigenvalue weighted by molar-refractivity contribution is 6.03. The number of nitrogens with zero attached hydrogens (tertiary/aromatic N) is 2. The first-order chi connectivity index (χ1) is 13.9. The van der Waals surface area contributed by atoms with E-state index < -0.39 is 57.6 Å². The zero-order chi connectivity index (χ0) is 21.9. The summed E-state index contributed by atoms with van der Waals surface area (Å²) < 4.78 is 53.0. The number of carbonyl (C=O) groups excluding carboxylic acids is 1. The SMILES string of the molecule is C[C@@]12C(=O)N(c3ccc(C#N)c(C(F)(F)F)c3)[C@H]3OCC[C@@]4(O[C@]1(C)C[C@@H]4O)[C@]32C. The van der Waals surface area contributed by atoms with Crippen molar-refractivity contribution >= 4 is 11.6 Å². The van der Waals surface area contributed by atoms with E-state index in [4.69, 9.17) is 14.7 Å². The molecule has 4 heterocycles. The largest absolute Gasteiger partial charge is 0.417 e. The summed E-state index contributed by atoms with van der Waals surface area (Å²) in [6, 6.07) is 4.80. The first-order valence-corrected chi connectivity index (χ1v) is 9.82. The van der Waals surface area contributed by atoms with Crippen molar-refractivity contribution in [3.63, 3.8) is 0 Å². The van der Waals surface area contributed by atoms with Crippen molar-refractivity contribution in [1.82, 2.24) is 0 Å². The lowest BCUT2D eigenvalue weighted by Crippen LogP contribution is -2.66. The zero-order valence-corrected chi connectivity index (χ0v) is 16.7. The minimum absolute atomic E-state index is 0.0164. The van der Waals surface area contributed by atoms with E-state index in [2.05, 4.69) is 0 Å². The molecule has 1 spiro atoms. The zero-order valence-electron chi connectivity index (χ0n) is 16.7. The summed E-state index contributed by atoms with van der Waals surface area (Å²) >= 11 is 0. The van der Waals surface area contributed by atoms with E-state index in [1.807, 2.05) is 6.92 Å². The van der Waals surface area contributed by atoms with Gasteiger partial charge in [-0.2, -0.15) is 18.4 Å². The molecule has 5 rings (SSSR count). The number of hydrogen-bond acceptors (Lipinski definition) is 5. The van der Waals surface area contributed by atoms with Gasteiger partial charge >= 0.3 is 6.18 Å². The molecule has 6 nitrogen and oxygen atoms in total. The van der Waals surface area contributed by atoms with Gasteiger partial charge in [-0.15, -0.1) is 0 Å². The maximum absolute atomic E-state index is 13.8. The number of aliphatic hydroxyl groups is 1.